The summed E-state index contributed by atoms with van der Waals surface area (Å²) >= 11 is -2.38. The van der Waals surface area contributed by atoms with E-state index in [1.165, 1.54) is 25.7 Å². The SMILES string of the molecule is CCCCCCN1C=CN(CCCOS(=O)[O-])C1. The average Bonchev–Trinajstić information content (AvgIpc) is 2.78. The fraction of sp³-hybridized carbons (Fsp3) is 0.833. The monoisotopic (exact) mass is 275 g/mol. The summed E-state index contributed by atoms with van der Waals surface area (Å²) in [7, 11) is 0. The molecule has 0 fully saturated rings. The van der Waals surface area contributed by atoms with Crippen LogP contribution in [-0.4, -0.2) is 44.9 Å². The topological polar surface area (TPSA) is 55.8 Å². The highest BCUT2D eigenvalue weighted by Gasteiger charge is 2.10. The van der Waals surface area contributed by atoms with Gasteiger partial charge in [-0.2, -0.15) is 0 Å². The van der Waals surface area contributed by atoms with E-state index in [0.29, 0.717) is 0 Å². The van der Waals surface area contributed by atoms with Crippen LogP contribution in [0.2, 0.25) is 0 Å². The van der Waals surface area contributed by atoms with Crippen molar-refractivity contribution in [3.05, 3.63) is 12.4 Å². The number of nitrogens with zero attached hydrogens (tertiary/aromatic N) is 2. The molecule has 1 heterocycles. The smallest absolute Gasteiger partial charge is 0.0893 e. The van der Waals surface area contributed by atoms with Crippen LogP contribution in [0, 0.1) is 0 Å². The molecule has 1 rings (SSSR count). The van der Waals surface area contributed by atoms with Gasteiger partial charge in [0.1, 0.15) is 0 Å². The number of hydrogen-bond donors (Lipinski definition) is 0. The summed E-state index contributed by atoms with van der Waals surface area (Å²) in [6, 6.07) is 0. The van der Waals surface area contributed by atoms with Crippen LogP contribution in [0.15, 0.2) is 12.4 Å². The minimum absolute atomic E-state index is 0.261. The summed E-state index contributed by atoms with van der Waals surface area (Å²) in [5.74, 6) is 0. The molecule has 1 unspecified atom stereocenters. The molecule has 0 saturated carbocycles. The molecule has 18 heavy (non-hydrogen) atoms. The van der Waals surface area contributed by atoms with Gasteiger partial charge in [0.05, 0.1) is 24.6 Å². The predicted molar refractivity (Wildman–Crippen MR) is 71.0 cm³/mol. The molecular weight excluding hydrogens is 252 g/mol. The van der Waals surface area contributed by atoms with Crippen molar-refractivity contribution in [1.29, 1.82) is 0 Å². The van der Waals surface area contributed by atoms with Gasteiger partial charge in [0.25, 0.3) is 0 Å². The number of unbranched alkanes of at least 4 members (excludes halogenated alkanes) is 3. The van der Waals surface area contributed by atoms with Crippen LogP contribution in [0.5, 0.6) is 0 Å². The van der Waals surface area contributed by atoms with E-state index in [9.17, 15) is 8.76 Å². The molecule has 0 radical (unpaired) electrons. The highest BCUT2D eigenvalue weighted by atomic mass is 32.2. The van der Waals surface area contributed by atoms with E-state index in [1.54, 1.807) is 0 Å². The third-order valence-electron chi connectivity index (χ3n) is 2.92. The van der Waals surface area contributed by atoms with Crippen molar-refractivity contribution in [3.8, 4) is 0 Å². The molecule has 0 aliphatic carbocycles. The van der Waals surface area contributed by atoms with Crippen molar-refractivity contribution in [2.75, 3.05) is 26.4 Å². The van der Waals surface area contributed by atoms with Gasteiger partial charge in [0.15, 0.2) is 0 Å². The van der Waals surface area contributed by atoms with Crippen LogP contribution in [0.4, 0.5) is 0 Å². The number of hydrogen-bond acceptors (Lipinski definition) is 5. The van der Waals surface area contributed by atoms with Crippen molar-refractivity contribution in [3.63, 3.8) is 0 Å². The molecule has 1 aliphatic heterocycles. The maximum atomic E-state index is 10.2. The van der Waals surface area contributed by atoms with E-state index in [4.69, 9.17) is 0 Å². The zero-order valence-corrected chi connectivity index (χ0v) is 11.9. The number of rotatable bonds is 10. The zero-order chi connectivity index (χ0) is 13.2. The van der Waals surface area contributed by atoms with E-state index in [-0.39, 0.29) is 6.61 Å². The van der Waals surface area contributed by atoms with Crippen LogP contribution in [0.3, 0.4) is 0 Å². The van der Waals surface area contributed by atoms with Gasteiger partial charge in [-0.15, -0.1) is 0 Å². The standard InChI is InChI=1S/C12H24N2O3S/c1-2-3-4-5-7-13-9-10-14(12-13)8-6-11-17-18(15)16/h9-10H,2-8,11-12H2,1H3,(H,15,16)/p-1. The van der Waals surface area contributed by atoms with Crippen LogP contribution in [0.1, 0.15) is 39.0 Å². The summed E-state index contributed by atoms with van der Waals surface area (Å²) in [6.07, 6.45) is 10.0. The molecular formula is C12H23N2O3S-. The maximum Gasteiger partial charge on any atom is 0.0893 e. The lowest BCUT2D eigenvalue weighted by Gasteiger charge is -2.21. The maximum absolute atomic E-state index is 10.2. The van der Waals surface area contributed by atoms with Crippen LogP contribution in [0.25, 0.3) is 0 Å². The molecule has 1 aliphatic rings. The Labute approximate surface area is 112 Å². The van der Waals surface area contributed by atoms with E-state index in [2.05, 4.69) is 33.3 Å². The Morgan fingerprint density at radius 1 is 1.17 bits per heavy atom. The van der Waals surface area contributed by atoms with Crippen molar-refractivity contribution in [2.24, 2.45) is 0 Å². The first kappa shape index (κ1) is 15.5. The second-order valence-corrected chi connectivity index (χ2v) is 5.15. The minimum atomic E-state index is -2.38. The van der Waals surface area contributed by atoms with Crippen molar-refractivity contribution in [1.82, 2.24) is 9.80 Å². The minimum Gasteiger partial charge on any atom is -0.750 e. The highest BCUT2D eigenvalue weighted by Crippen LogP contribution is 2.09. The zero-order valence-electron chi connectivity index (χ0n) is 11.0. The van der Waals surface area contributed by atoms with Crippen molar-refractivity contribution >= 4 is 11.4 Å². The van der Waals surface area contributed by atoms with Crippen LogP contribution >= 0.6 is 0 Å². The normalized spacial score (nSPS) is 16.6. The Morgan fingerprint density at radius 2 is 1.83 bits per heavy atom. The Morgan fingerprint density at radius 3 is 2.44 bits per heavy atom. The first-order valence-electron chi connectivity index (χ1n) is 6.61. The first-order valence-corrected chi connectivity index (χ1v) is 7.61. The molecule has 0 aromatic heterocycles. The lowest BCUT2D eigenvalue weighted by molar-refractivity contribution is 0.234. The Bertz CT molecular complexity index is 274. The van der Waals surface area contributed by atoms with E-state index in [1.807, 2.05) is 0 Å². The van der Waals surface area contributed by atoms with Gasteiger partial charge in [-0.05, 0) is 12.8 Å². The largest absolute Gasteiger partial charge is 0.750 e. The quantitative estimate of drug-likeness (QED) is 0.449. The molecule has 0 N–H and O–H groups in total. The second-order valence-electron chi connectivity index (χ2n) is 4.50. The van der Waals surface area contributed by atoms with Crippen molar-refractivity contribution < 1.29 is 12.9 Å². The van der Waals surface area contributed by atoms with Crippen LogP contribution in [-0.2, 0) is 15.5 Å². The lowest BCUT2D eigenvalue weighted by atomic mass is 10.2. The van der Waals surface area contributed by atoms with Crippen molar-refractivity contribution in [2.45, 2.75) is 39.0 Å². The fourth-order valence-electron chi connectivity index (χ4n) is 1.94. The Hall–Kier alpha value is -0.590. The van der Waals surface area contributed by atoms with Gasteiger partial charge in [-0.25, -0.2) is 4.21 Å². The molecule has 0 bridgehead atoms. The van der Waals surface area contributed by atoms with E-state index in [0.717, 1.165) is 26.2 Å². The highest BCUT2D eigenvalue weighted by molar-refractivity contribution is 7.74. The average molecular weight is 275 g/mol. The summed E-state index contributed by atoms with van der Waals surface area (Å²) in [5.41, 5.74) is 0. The molecule has 106 valence electrons. The molecule has 5 nitrogen and oxygen atoms in total. The van der Waals surface area contributed by atoms with Gasteiger partial charge < -0.3 is 18.5 Å². The molecule has 0 amide bonds. The predicted octanol–water partition coefficient (Wildman–Crippen LogP) is 1.81. The first-order chi connectivity index (χ1) is 8.72. The summed E-state index contributed by atoms with van der Waals surface area (Å²) in [5, 5.41) is 0. The summed E-state index contributed by atoms with van der Waals surface area (Å²) in [4.78, 5) is 4.47. The van der Waals surface area contributed by atoms with E-state index < -0.39 is 11.4 Å². The van der Waals surface area contributed by atoms with E-state index >= 15 is 0 Å². The molecule has 0 saturated heterocycles. The molecule has 0 spiro atoms. The third-order valence-corrected chi connectivity index (χ3v) is 3.28. The van der Waals surface area contributed by atoms with Gasteiger partial charge in [0, 0.05) is 25.5 Å². The molecule has 6 heteroatoms. The Balaban J connectivity index is 2.00. The molecule has 1 atom stereocenters. The summed E-state index contributed by atoms with van der Waals surface area (Å²) < 4.78 is 24.8. The van der Waals surface area contributed by atoms with Gasteiger partial charge in [-0.1, -0.05) is 26.2 Å². The third kappa shape index (κ3) is 6.98. The van der Waals surface area contributed by atoms with Gasteiger partial charge >= 0.3 is 0 Å². The molecule has 0 aromatic carbocycles. The van der Waals surface area contributed by atoms with Gasteiger partial charge in [0.2, 0.25) is 0 Å². The van der Waals surface area contributed by atoms with Crippen LogP contribution < -0.4 is 0 Å². The summed E-state index contributed by atoms with van der Waals surface area (Å²) in [6.45, 7) is 5.32. The lowest BCUT2D eigenvalue weighted by Crippen LogP contribution is -2.27. The molecule has 0 aromatic rings. The fourth-order valence-corrected chi connectivity index (χ4v) is 2.20. The Kier molecular flexibility index (Phi) is 8.04. The second kappa shape index (κ2) is 9.35. The van der Waals surface area contributed by atoms with Gasteiger partial charge in [-0.3, -0.25) is 0 Å².